The molecule has 4 N–H and O–H groups in total. The van der Waals surface area contributed by atoms with Crippen LogP contribution in [0.4, 0.5) is 0 Å². The van der Waals surface area contributed by atoms with Crippen molar-refractivity contribution in [2.75, 3.05) is 13.1 Å². The molecule has 3 rings (SSSR count). The summed E-state index contributed by atoms with van der Waals surface area (Å²) in [4.78, 5) is 29.5. The Labute approximate surface area is 141 Å². The molecule has 0 aliphatic carbocycles. The standard InChI is InChI=1S/C18H22N4O2/c1-12-7-15(20-10-12)16-8-14(11-22(16)17(23)9-19)21-18(24)13-5-3-2-4-6-13/h2-7,10,14,16,20H,8-9,11,19H2,1H3,(H,21,24)/t14-,16+/m1/s1. The van der Waals surface area contributed by atoms with E-state index in [0.29, 0.717) is 18.5 Å². The van der Waals surface area contributed by atoms with Gasteiger partial charge in [0.1, 0.15) is 0 Å². The van der Waals surface area contributed by atoms with Gasteiger partial charge in [-0.15, -0.1) is 0 Å². The van der Waals surface area contributed by atoms with Crippen LogP contribution < -0.4 is 11.1 Å². The highest BCUT2D eigenvalue weighted by Gasteiger charge is 2.37. The number of benzene rings is 1. The first-order valence-corrected chi connectivity index (χ1v) is 8.09. The Bertz CT molecular complexity index is 726. The maximum atomic E-state index is 12.3. The van der Waals surface area contributed by atoms with Crippen LogP contribution in [-0.4, -0.2) is 40.8 Å². The van der Waals surface area contributed by atoms with Crippen molar-refractivity contribution in [1.29, 1.82) is 0 Å². The quantitative estimate of drug-likeness (QED) is 0.792. The largest absolute Gasteiger partial charge is 0.363 e. The minimum atomic E-state index is -0.121. The number of amides is 2. The first-order valence-electron chi connectivity index (χ1n) is 8.09. The van der Waals surface area contributed by atoms with Gasteiger partial charge in [-0.2, -0.15) is 0 Å². The second kappa shape index (κ2) is 6.88. The molecule has 6 nitrogen and oxygen atoms in total. The van der Waals surface area contributed by atoms with Crippen molar-refractivity contribution < 1.29 is 9.59 Å². The topological polar surface area (TPSA) is 91.2 Å². The van der Waals surface area contributed by atoms with E-state index in [9.17, 15) is 9.59 Å². The monoisotopic (exact) mass is 326 g/mol. The summed E-state index contributed by atoms with van der Waals surface area (Å²) < 4.78 is 0. The zero-order valence-electron chi connectivity index (χ0n) is 13.7. The van der Waals surface area contributed by atoms with E-state index in [1.807, 2.05) is 37.4 Å². The van der Waals surface area contributed by atoms with Crippen molar-refractivity contribution in [2.45, 2.75) is 25.4 Å². The van der Waals surface area contributed by atoms with Gasteiger partial charge >= 0.3 is 0 Å². The number of aromatic amines is 1. The summed E-state index contributed by atoms with van der Waals surface area (Å²) in [5.41, 5.74) is 8.26. The molecule has 2 atom stereocenters. The lowest BCUT2D eigenvalue weighted by Crippen LogP contribution is -2.40. The maximum Gasteiger partial charge on any atom is 0.251 e. The molecule has 2 amide bonds. The van der Waals surface area contributed by atoms with Gasteiger partial charge in [0.2, 0.25) is 5.91 Å². The van der Waals surface area contributed by atoms with E-state index >= 15 is 0 Å². The van der Waals surface area contributed by atoms with Gasteiger partial charge in [-0.05, 0) is 37.1 Å². The zero-order chi connectivity index (χ0) is 17.1. The lowest BCUT2D eigenvalue weighted by molar-refractivity contribution is -0.130. The zero-order valence-corrected chi connectivity index (χ0v) is 13.7. The minimum absolute atomic E-state index is 0.0322. The van der Waals surface area contributed by atoms with Gasteiger partial charge in [0.25, 0.3) is 5.91 Å². The van der Waals surface area contributed by atoms with Gasteiger partial charge in [0.05, 0.1) is 12.6 Å². The highest BCUT2D eigenvalue weighted by Crippen LogP contribution is 2.31. The van der Waals surface area contributed by atoms with E-state index in [2.05, 4.69) is 10.3 Å². The Morgan fingerprint density at radius 2 is 2.08 bits per heavy atom. The maximum absolute atomic E-state index is 12.3. The highest BCUT2D eigenvalue weighted by molar-refractivity contribution is 5.94. The third-order valence-corrected chi connectivity index (χ3v) is 4.38. The van der Waals surface area contributed by atoms with Crippen molar-refractivity contribution in [3.8, 4) is 0 Å². The van der Waals surface area contributed by atoms with Crippen molar-refractivity contribution in [1.82, 2.24) is 15.2 Å². The molecule has 0 spiro atoms. The molecule has 0 bridgehead atoms. The Balaban J connectivity index is 1.74. The second-order valence-electron chi connectivity index (χ2n) is 6.17. The molecule has 1 aliphatic heterocycles. The van der Waals surface area contributed by atoms with Gasteiger partial charge < -0.3 is 20.9 Å². The van der Waals surface area contributed by atoms with Gasteiger partial charge in [-0.1, -0.05) is 18.2 Å². The first kappa shape index (κ1) is 16.3. The molecular weight excluding hydrogens is 304 g/mol. The fourth-order valence-corrected chi connectivity index (χ4v) is 3.20. The molecular formula is C18H22N4O2. The van der Waals surface area contributed by atoms with Crippen LogP contribution in [-0.2, 0) is 4.79 Å². The number of hydrogen-bond donors (Lipinski definition) is 3. The number of carbonyl (C=O) groups excluding carboxylic acids is 2. The molecule has 1 fully saturated rings. The smallest absolute Gasteiger partial charge is 0.251 e. The molecule has 0 unspecified atom stereocenters. The molecule has 1 aliphatic rings. The number of nitrogens with one attached hydrogen (secondary N) is 2. The summed E-state index contributed by atoms with van der Waals surface area (Å²) in [5.74, 6) is -0.229. The van der Waals surface area contributed by atoms with Crippen LogP contribution in [0.25, 0.3) is 0 Å². The normalized spacial score (nSPS) is 20.2. The van der Waals surface area contributed by atoms with Crippen LogP contribution in [0, 0.1) is 6.92 Å². The number of nitrogens with two attached hydrogens (primary N) is 1. The van der Waals surface area contributed by atoms with Gasteiger partial charge in [-0.25, -0.2) is 0 Å². The van der Waals surface area contributed by atoms with E-state index in [1.165, 1.54) is 0 Å². The van der Waals surface area contributed by atoms with E-state index in [1.54, 1.807) is 17.0 Å². The number of rotatable bonds is 4. The number of likely N-dealkylation sites (tertiary alicyclic amines) is 1. The van der Waals surface area contributed by atoms with Crippen molar-refractivity contribution in [3.05, 3.63) is 59.4 Å². The summed E-state index contributed by atoms with van der Waals surface area (Å²) in [7, 11) is 0. The van der Waals surface area contributed by atoms with Crippen LogP contribution >= 0.6 is 0 Å². The first-order chi connectivity index (χ1) is 11.6. The molecule has 1 aromatic carbocycles. The van der Waals surface area contributed by atoms with Crippen LogP contribution in [0.1, 0.15) is 34.1 Å². The fraction of sp³-hybridized carbons (Fsp3) is 0.333. The third-order valence-electron chi connectivity index (χ3n) is 4.38. The number of aromatic nitrogens is 1. The van der Waals surface area contributed by atoms with Gasteiger partial charge in [-0.3, -0.25) is 9.59 Å². The van der Waals surface area contributed by atoms with Crippen LogP contribution in [0.5, 0.6) is 0 Å². The Morgan fingerprint density at radius 1 is 1.33 bits per heavy atom. The van der Waals surface area contributed by atoms with Gasteiger partial charge in [0.15, 0.2) is 0 Å². The summed E-state index contributed by atoms with van der Waals surface area (Å²) in [6.07, 6.45) is 2.58. The van der Waals surface area contributed by atoms with Crippen molar-refractivity contribution in [2.24, 2.45) is 5.73 Å². The minimum Gasteiger partial charge on any atom is -0.363 e. The number of H-pyrrole nitrogens is 1. The predicted octanol–water partition coefficient (Wildman–Crippen LogP) is 1.35. The lowest BCUT2D eigenvalue weighted by Gasteiger charge is -2.23. The van der Waals surface area contributed by atoms with E-state index in [0.717, 1.165) is 11.3 Å². The Kier molecular flexibility index (Phi) is 4.66. The SMILES string of the molecule is Cc1c[nH]c([C@@H]2C[C@@H](NC(=O)c3ccccc3)CN2C(=O)CN)c1. The highest BCUT2D eigenvalue weighted by atomic mass is 16.2. The average molecular weight is 326 g/mol. The Morgan fingerprint density at radius 3 is 2.71 bits per heavy atom. The van der Waals surface area contributed by atoms with E-state index < -0.39 is 0 Å². The lowest BCUT2D eigenvalue weighted by atomic mass is 10.1. The van der Waals surface area contributed by atoms with Gasteiger partial charge in [0, 0.05) is 30.0 Å². The summed E-state index contributed by atoms with van der Waals surface area (Å²) in [5, 5.41) is 3.02. The number of nitrogens with zero attached hydrogens (tertiary/aromatic N) is 1. The van der Waals surface area contributed by atoms with Crippen LogP contribution in [0.3, 0.4) is 0 Å². The Hall–Kier alpha value is -2.60. The molecule has 1 aromatic heterocycles. The van der Waals surface area contributed by atoms with Crippen molar-refractivity contribution in [3.63, 3.8) is 0 Å². The van der Waals surface area contributed by atoms with Crippen LogP contribution in [0.15, 0.2) is 42.6 Å². The third kappa shape index (κ3) is 3.33. The van der Waals surface area contributed by atoms with E-state index in [4.69, 9.17) is 5.73 Å². The summed E-state index contributed by atoms with van der Waals surface area (Å²) in [6, 6.07) is 10.9. The molecule has 1 saturated heterocycles. The summed E-state index contributed by atoms with van der Waals surface area (Å²) >= 11 is 0. The molecule has 2 heterocycles. The second-order valence-corrected chi connectivity index (χ2v) is 6.17. The molecule has 0 radical (unpaired) electrons. The molecule has 2 aromatic rings. The number of aryl methyl sites for hydroxylation is 1. The molecule has 126 valence electrons. The van der Waals surface area contributed by atoms with Crippen molar-refractivity contribution >= 4 is 11.8 Å². The number of hydrogen-bond acceptors (Lipinski definition) is 3. The fourth-order valence-electron chi connectivity index (χ4n) is 3.20. The average Bonchev–Trinajstić information content (AvgIpc) is 3.21. The van der Waals surface area contributed by atoms with E-state index in [-0.39, 0.29) is 30.4 Å². The molecule has 0 saturated carbocycles. The number of carbonyl (C=O) groups is 2. The summed E-state index contributed by atoms with van der Waals surface area (Å²) in [6.45, 7) is 2.44. The predicted molar refractivity (Wildman–Crippen MR) is 91.4 cm³/mol. The van der Waals surface area contributed by atoms with Crippen LogP contribution in [0.2, 0.25) is 0 Å². The molecule has 6 heteroatoms. The molecule has 24 heavy (non-hydrogen) atoms.